The number of nitrogens with one attached hydrogen (secondary N) is 1. The summed E-state index contributed by atoms with van der Waals surface area (Å²) in [6.07, 6.45) is 1.54. The summed E-state index contributed by atoms with van der Waals surface area (Å²) < 4.78 is 5.18. The molecule has 1 aromatic heterocycles. The third-order valence-corrected chi connectivity index (χ3v) is 3.15. The van der Waals surface area contributed by atoms with Crippen molar-refractivity contribution in [2.75, 3.05) is 6.61 Å². The molecule has 1 N–H and O–H groups in total. The van der Waals surface area contributed by atoms with Gasteiger partial charge in [0.15, 0.2) is 6.61 Å². The Kier molecular flexibility index (Phi) is 4.99. The fraction of sp³-hybridized carbons (Fsp3) is 0.0769. The Hall–Kier alpha value is -2.74. The lowest BCUT2D eigenvalue weighted by atomic mass is 10.3. The molecule has 108 valence electrons. The number of hydrazone groups is 1. The van der Waals surface area contributed by atoms with Crippen molar-refractivity contribution < 1.29 is 14.5 Å². The van der Waals surface area contributed by atoms with E-state index in [0.717, 1.165) is 4.88 Å². The van der Waals surface area contributed by atoms with Crippen molar-refractivity contribution in [2.45, 2.75) is 0 Å². The maximum Gasteiger partial charge on any atom is 0.277 e. The van der Waals surface area contributed by atoms with Crippen LogP contribution in [-0.4, -0.2) is 23.7 Å². The highest BCUT2D eigenvalue weighted by molar-refractivity contribution is 7.11. The molecule has 0 aliphatic carbocycles. The van der Waals surface area contributed by atoms with Gasteiger partial charge in [-0.1, -0.05) is 6.07 Å². The number of hydrogen-bond acceptors (Lipinski definition) is 6. The summed E-state index contributed by atoms with van der Waals surface area (Å²) in [6, 6.07) is 9.23. The number of carbonyl (C=O) groups excluding carboxylic acids is 1. The highest BCUT2D eigenvalue weighted by Gasteiger charge is 2.06. The smallest absolute Gasteiger partial charge is 0.277 e. The molecule has 21 heavy (non-hydrogen) atoms. The number of thiophene rings is 1. The highest BCUT2D eigenvalue weighted by Crippen LogP contribution is 2.16. The second-order valence-electron chi connectivity index (χ2n) is 3.85. The van der Waals surface area contributed by atoms with Crippen LogP contribution >= 0.6 is 11.3 Å². The van der Waals surface area contributed by atoms with Crippen LogP contribution in [0.3, 0.4) is 0 Å². The Labute approximate surface area is 124 Å². The van der Waals surface area contributed by atoms with Crippen LogP contribution in [0.4, 0.5) is 5.69 Å². The number of ether oxygens (including phenoxy) is 1. The zero-order chi connectivity index (χ0) is 15.1. The molecular weight excluding hydrogens is 294 g/mol. The van der Waals surface area contributed by atoms with Crippen molar-refractivity contribution >= 4 is 29.1 Å². The summed E-state index contributed by atoms with van der Waals surface area (Å²) in [5.41, 5.74) is 2.29. The van der Waals surface area contributed by atoms with Crippen LogP contribution in [0.15, 0.2) is 46.9 Å². The van der Waals surface area contributed by atoms with E-state index in [1.165, 1.54) is 41.8 Å². The molecule has 0 saturated carbocycles. The van der Waals surface area contributed by atoms with Crippen molar-refractivity contribution in [1.29, 1.82) is 0 Å². The second-order valence-corrected chi connectivity index (χ2v) is 4.83. The molecule has 0 spiro atoms. The number of benzene rings is 1. The number of nitro benzene ring substituents is 1. The zero-order valence-electron chi connectivity index (χ0n) is 10.8. The molecule has 0 aliphatic heterocycles. The van der Waals surface area contributed by atoms with Crippen LogP contribution in [0.5, 0.6) is 5.75 Å². The molecule has 0 saturated heterocycles. The van der Waals surface area contributed by atoms with E-state index in [1.807, 2.05) is 17.5 Å². The molecule has 1 amide bonds. The topological polar surface area (TPSA) is 93.8 Å². The average molecular weight is 305 g/mol. The standard InChI is InChI=1S/C13H11N3O4S/c17-13(15-14-8-12-2-1-7-21-12)9-20-11-5-3-10(4-6-11)16(18)19/h1-8H,9H2,(H,15,17). The van der Waals surface area contributed by atoms with E-state index in [0.29, 0.717) is 5.75 Å². The molecule has 0 fully saturated rings. The van der Waals surface area contributed by atoms with Crippen LogP contribution in [0.2, 0.25) is 0 Å². The average Bonchev–Trinajstić information content (AvgIpc) is 2.99. The van der Waals surface area contributed by atoms with Gasteiger partial charge in [0.25, 0.3) is 11.6 Å². The normalized spacial score (nSPS) is 10.5. The van der Waals surface area contributed by atoms with E-state index in [9.17, 15) is 14.9 Å². The Morgan fingerprint density at radius 2 is 2.14 bits per heavy atom. The number of nitro groups is 1. The van der Waals surface area contributed by atoms with Crippen LogP contribution in [0.25, 0.3) is 0 Å². The predicted molar refractivity (Wildman–Crippen MR) is 78.6 cm³/mol. The van der Waals surface area contributed by atoms with E-state index < -0.39 is 10.8 Å². The maximum absolute atomic E-state index is 11.5. The molecule has 0 aliphatic rings. The van der Waals surface area contributed by atoms with Gasteiger partial charge in [0.05, 0.1) is 11.1 Å². The van der Waals surface area contributed by atoms with Gasteiger partial charge < -0.3 is 4.74 Å². The molecule has 2 aromatic rings. The van der Waals surface area contributed by atoms with Gasteiger partial charge in [0.2, 0.25) is 0 Å². The summed E-state index contributed by atoms with van der Waals surface area (Å²) in [5.74, 6) is -0.0425. The molecular formula is C13H11N3O4S. The van der Waals surface area contributed by atoms with Gasteiger partial charge >= 0.3 is 0 Å². The van der Waals surface area contributed by atoms with Crippen LogP contribution in [0, 0.1) is 10.1 Å². The van der Waals surface area contributed by atoms with Crippen molar-refractivity contribution in [1.82, 2.24) is 5.43 Å². The molecule has 2 rings (SSSR count). The van der Waals surface area contributed by atoms with Crippen molar-refractivity contribution in [2.24, 2.45) is 5.10 Å². The number of hydrogen-bond donors (Lipinski definition) is 1. The third kappa shape index (κ3) is 4.69. The molecule has 0 radical (unpaired) electrons. The van der Waals surface area contributed by atoms with E-state index in [4.69, 9.17) is 4.74 Å². The fourth-order valence-electron chi connectivity index (χ4n) is 1.38. The lowest BCUT2D eigenvalue weighted by molar-refractivity contribution is -0.384. The number of nitrogens with zero attached hydrogens (tertiary/aromatic N) is 2. The van der Waals surface area contributed by atoms with Crippen molar-refractivity contribution in [3.63, 3.8) is 0 Å². The molecule has 1 heterocycles. The van der Waals surface area contributed by atoms with E-state index in [2.05, 4.69) is 10.5 Å². The van der Waals surface area contributed by atoms with Crippen molar-refractivity contribution in [3.05, 3.63) is 56.8 Å². The number of non-ortho nitro benzene ring substituents is 1. The minimum atomic E-state index is -0.504. The minimum absolute atomic E-state index is 0.0349. The van der Waals surface area contributed by atoms with Crippen LogP contribution in [0.1, 0.15) is 4.88 Å². The van der Waals surface area contributed by atoms with Gasteiger partial charge in [-0.05, 0) is 23.6 Å². The first-order valence-electron chi connectivity index (χ1n) is 5.88. The Bertz CT molecular complexity index is 638. The quantitative estimate of drug-likeness (QED) is 0.503. The first kappa shape index (κ1) is 14.7. The Morgan fingerprint density at radius 3 is 2.76 bits per heavy atom. The third-order valence-electron chi connectivity index (χ3n) is 2.34. The van der Waals surface area contributed by atoms with Crippen molar-refractivity contribution in [3.8, 4) is 5.75 Å². The predicted octanol–water partition coefficient (Wildman–Crippen LogP) is 2.19. The first-order valence-corrected chi connectivity index (χ1v) is 6.76. The van der Waals surface area contributed by atoms with Gasteiger partial charge in [-0.3, -0.25) is 14.9 Å². The zero-order valence-corrected chi connectivity index (χ0v) is 11.6. The largest absolute Gasteiger partial charge is 0.484 e. The molecule has 0 bridgehead atoms. The molecule has 0 atom stereocenters. The number of carbonyl (C=O) groups is 1. The molecule has 8 heteroatoms. The molecule has 1 aromatic carbocycles. The molecule has 7 nitrogen and oxygen atoms in total. The van der Waals surface area contributed by atoms with Gasteiger partial charge in [-0.25, -0.2) is 5.43 Å². The maximum atomic E-state index is 11.5. The number of amides is 1. The first-order chi connectivity index (χ1) is 10.1. The van der Waals surface area contributed by atoms with Gasteiger partial charge in [-0.2, -0.15) is 5.10 Å². The van der Waals surface area contributed by atoms with Gasteiger partial charge in [0, 0.05) is 17.0 Å². The van der Waals surface area contributed by atoms with E-state index in [1.54, 1.807) is 0 Å². The summed E-state index contributed by atoms with van der Waals surface area (Å²) >= 11 is 1.50. The summed E-state index contributed by atoms with van der Waals surface area (Å²) in [5, 5.41) is 16.2. The van der Waals surface area contributed by atoms with E-state index >= 15 is 0 Å². The lowest BCUT2D eigenvalue weighted by Gasteiger charge is -2.04. The monoisotopic (exact) mass is 305 g/mol. The fourth-order valence-corrected chi connectivity index (χ4v) is 1.96. The minimum Gasteiger partial charge on any atom is -0.484 e. The van der Waals surface area contributed by atoms with Gasteiger partial charge in [0.1, 0.15) is 5.75 Å². The number of rotatable bonds is 6. The molecule has 0 unspecified atom stereocenters. The van der Waals surface area contributed by atoms with E-state index in [-0.39, 0.29) is 12.3 Å². The van der Waals surface area contributed by atoms with Gasteiger partial charge in [-0.15, -0.1) is 11.3 Å². The SMILES string of the molecule is O=C(COc1ccc([N+](=O)[O-])cc1)NN=Cc1cccs1. The Morgan fingerprint density at radius 1 is 1.38 bits per heavy atom. The summed E-state index contributed by atoms with van der Waals surface area (Å²) in [6.45, 7) is -0.223. The highest BCUT2D eigenvalue weighted by atomic mass is 32.1. The Balaban J connectivity index is 1.77. The van der Waals surface area contributed by atoms with Crippen LogP contribution in [-0.2, 0) is 4.79 Å². The second kappa shape index (κ2) is 7.15. The summed E-state index contributed by atoms with van der Waals surface area (Å²) in [7, 11) is 0. The van der Waals surface area contributed by atoms with Crippen LogP contribution < -0.4 is 10.2 Å². The summed E-state index contributed by atoms with van der Waals surface area (Å²) in [4.78, 5) is 22.4. The lowest BCUT2D eigenvalue weighted by Crippen LogP contribution is -2.24.